The molecule has 5 heteroatoms. The van der Waals surface area contributed by atoms with Gasteiger partial charge in [0.25, 0.3) is 0 Å². The van der Waals surface area contributed by atoms with Crippen molar-refractivity contribution in [1.82, 2.24) is 4.72 Å². The molecule has 0 amide bonds. The number of unbranched alkanes of at least 4 members (excludes halogenated alkanes) is 2. The van der Waals surface area contributed by atoms with E-state index < -0.39 is 10.3 Å². The summed E-state index contributed by atoms with van der Waals surface area (Å²) in [6.45, 7) is 6.70. The molecule has 1 rings (SSSR count). The van der Waals surface area contributed by atoms with Gasteiger partial charge in [0.15, 0.2) is 0 Å². The minimum Gasteiger partial charge on any atom is -0.258 e. The van der Waals surface area contributed by atoms with Crippen LogP contribution in [0.2, 0.25) is 0 Å². The van der Waals surface area contributed by atoms with Gasteiger partial charge in [-0.1, -0.05) is 40.0 Å². The molecule has 0 aromatic heterocycles. The predicted octanol–water partition coefficient (Wildman–Crippen LogP) is 2.46. The summed E-state index contributed by atoms with van der Waals surface area (Å²) in [4.78, 5) is 0. The molecule has 0 saturated carbocycles. The summed E-state index contributed by atoms with van der Waals surface area (Å²) in [7, 11) is -3.53. The van der Waals surface area contributed by atoms with Crippen molar-refractivity contribution in [1.29, 1.82) is 0 Å². The monoisotopic (exact) mass is 263 g/mol. The topological polar surface area (TPSA) is 55.4 Å². The maximum absolute atomic E-state index is 11.5. The first-order valence-corrected chi connectivity index (χ1v) is 8.03. The second-order valence-corrected chi connectivity index (χ2v) is 6.54. The molecule has 1 fully saturated rings. The van der Waals surface area contributed by atoms with Gasteiger partial charge in [-0.25, -0.2) is 0 Å². The van der Waals surface area contributed by atoms with Gasteiger partial charge in [0.05, 0.1) is 6.61 Å². The molecular formula is C12H25NO3S. The van der Waals surface area contributed by atoms with E-state index in [1.54, 1.807) is 0 Å². The van der Waals surface area contributed by atoms with Crippen LogP contribution >= 0.6 is 0 Å². The highest BCUT2D eigenvalue weighted by Crippen LogP contribution is 2.24. The number of rotatable bonds is 5. The highest BCUT2D eigenvalue weighted by Gasteiger charge is 2.31. The Bertz CT molecular complexity index is 316. The molecule has 0 aromatic rings. The van der Waals surface area contributed by atoms with E-state index in [0.29, 0.717) is 18.4 Å². The average molecular weight is 263 g/mol. The van der Waals surface area contributed by atoms with Crippen LogP contribution in [0.1, 0.15) is 52.9 Å². The van der Waals surface area contributed by atoms with E-state index in [1.165, 1.54) is 19.3 Å². The Morgan fingerprint density at radius 1 is 1.41 bits per heavy atom. The van der Waals surface area contributed by atoms with Gasteiger partial charge in [-0.05, 0) is 24.7 Å². The summed E-state index contributed by atoms with van der Waals surface area (Å²) in [6, 6.07) is 0.0133. The Hall–Kier alpha value is -0.130. The van der Waals surface area contributed by atoms with Crippen molar-refractivity contribution in [3.63, 3.8) is 0 Å². The van der Waals surface area contributed by atoms with Gasteiger partial charge in [0, 0.05) is 6.04 Å². The van der Waals surface area contributed by atoms with Crippen LogP contribution in [-0.4, -0.2) is 21.1 Å². The molecule has 0 bridgehead atoms. The van der Waals surface area contributed by atoms with Crippen LogP contribution in [0.15, 0.2) is 0 Å². The second kappa shape index (κ2) is 6.71. The second-order valence-electron chi connectivity index (χ2n) is 5.16. The average Bonchev–Trinajstić information content (AvgIpc) is 2.38. The molecule has 17 heavy (non-hydrogen) atoms. The number of hydrogen-bond acceptors (Lipinski definition) is 3. The molecule has 1 heterocycles. The van der Waals surface area contributed by atoms with E-state index in [4.69, 9.17) is 4.18 Å². The Labute approximate surface area is 105 Å². The van der Waals surface area contributed by atoms with Gasteiger partial charge in [-0.3, -0.25) is 4.18 Å². The van der Waals surface area contributed by atoms with Crippen molar-refractivity contribution in [2.75, 3.05) is 6.61 Å². The van der Waals surface area contributed by atoms with Crippen molar-refractivity contribution in [2.45, 2.75) is 58.9 Å². The molecule has 1 N–H and O–H groups in total. The molecule has 1 aliphatic rings. The zero-order valence-electron chi connectivity index (χ0n) is 11.1. The predicted molar refractivity (Wildman–Crippen MR) is 68.9 cm³/mol. The molecule has 0 aliphatic carbocycles. The molecule has 0 spiro atoms. The minimum absolute atomic E-state index is 0.0133. The maximum Gasteiger partial charge on any atom is 0.336 e. The van der Waals surface area contributed by atoms with E-state index in [1.807, 2.05) is 0 Å². The van der Waals surface area contributed by atoms with Gasteiger partial charge >= 0.3 is 10.3 Å². The van der Waals surface area contributed by atoms with Crippen LogP contribution in [0.3, 0.4) is 0 Å². The van der Waals surface area contributed by atoms with Gasteiger partial charge in [-0.15, -0.1) is 0 Å². The standard InChI is InChI=1S/C12H25NO3S/c1-4-5-6-7-10(2)12-11(3)8-9-16-17(14,15)13-12/h10-13H,4-9H2,1-3H3/t10-,11+,12?/m0/s1. The number of nitrogens with one attached hydrogen (secondary N) is 1. The fourth-order valence-electron chi connectivity index (χ4n) is 2.41. The Balaban J connectivity index is 2.58. The fraction of sp³-hybridized carbons (Fsp3) is 1.00. The maximum atomic E-state index is 11.5. The van der Waals surface area contributed by atoms with Crippen LogP contribution in [0.25, 0.3) is 0 Å². The van der Waals surface area contributed by atoms with Crippen molar-refractivity contribution < 1.29 is 12.6 Å². The first-order chi connectivity index (χ1) is 7.96. The first-order valence-electron chi connectivity index (χ1n) is 6.63. The lowest BCUT2D eigenvalue weighted by Crippen LogP contribution is -2.42. The molecule has 0 radical (unpaired) electrons. The third-order valence-corrected chi connectivity index (χ3v) is 4.62. The third-order valence-electron chi connectivity index (χ3n) is 3.58. The van der Waals surface area contributed by atoms with E-state index in [9.17, 15) is 8.42 Å². The van der Waals surface area contributed by atoms with E-state index >= 15 is 0 Å². The van der Waals surface area contributed by atoms with Crippen LogP contribution in [0.4, 0.5) is 0 Å². The summed E-state index contributed by atoms with van der Waals surface area (Å²) < 4.78 is 30.6. The normalized spacial score (nSPS) is 30.8. The van der Waals surface area contributed by atoms with Crippen molar-refractivity contribution in [3.8, 4) is 0 Å². The summed E-state index contributed by atoms with van der Waals surface area (Å²) in [5, 5.41) is 0. The smallest absolute Gasteiger partial charge is 0.258 e. The van der Waals surface area contributed by atoms with E-state index in [2.05, 4.69) is 25.5 Å². The summed E-state index contributed by atoms with van der Waals surface area (Å²) in [5.74, 6) is 0.705. The summed E-state index contributed by atoms with van der Waals surface area (Å²) in [5.41, 5.74) is 0. The first kappa shape index (κ1) is 14.9. The Morgan fingerprint density at radius 3 is 2.76 bits per heavy atom. The van der Waals surface area contributed by atoms with Crippen molar-refractivity contribution >= 4 is 10.3 Å². The largest absolute Gasteiger partial charge is 0.336 e. The zero-order chi connectivity index (χ0) is 12.9. The van der Waals surface area contributed by atoms with E-state index in [0.717, 1.165) is 12.8 Å². The number of hydrogen-bond donors (Lipinski definition) is 1. The Kier molecular flexibility index (Phi) is 5.89. The zero-order valence-corrected chi connectivity index (χ0v) is 11.9. The van der Waals surface area contributed by atoms with Crippen LogP contribution in [0.5, 0.6) is 0 Å². The van der Waals surface area contributed by atoms with Crippen LogP contribution in [0, 0.1) is 11.8 Å². The molecule has 1 unspecified atom stereocenters. The molecular weight excluding hydrogens is 238 g/mol. The van der Waals surface area contributed by atoms with Gasteiger partial charge in [-0.2, -0.15) is 13.1 Å². The Morgan fingerprint density at radius 2 is 2.12 bits per heavy atom. The highest BCUT2D eigenvalue weighted by atomic mass is 32.2. The molecule has 0 aromatic carbocycles. The lowest BCUT2D eigenvalue weighted by atomic mass is 9.86. The molecule has 102 valence electrons. The van der Waals surface area contributed by atoms with E-state index in [-0.39, 0.29) is 6.04 Å². The third kappa shape index (κ3) is 4.94. The lowest BCUT2D eigenvalue weighted by molar-refractivity contribution is 0.275. The van der Waals surface area contributed by atoms with Crippen LogP contribution in [-0.2, 0) is 14.5 Å². The van der Waals surface area contributed by atoms with Crippen molar-refractivity contribution in [2.24, 2.45) is 11.8 Å². The molecule has 1 saturated heterocycles. The van der Waals surface area contributed by atoms with Crippen LogP contribution < -0.4 is 4.72 Å². The van der Waals surface area contributed by atoms with Crippen molar-refractivity contribution in [3.05, 3.63) is 0 Å². The lowest BCUT2D eigenvalue weighted by Gasteiger charge is -2.27. The molecule has 3 atom stereocenters. The highest BCUT2D eigenvalue weighted by molar-refractivity contribution is 7.84. The fourth-order valence-corrected chi connectivity index (χ4v) is 3.59. The summed E-state index contributed by atoms with van der Waals surface area (Å²) >= 11 is 0. The quantitative estimate of drug-likeness (QED) is 0.775. The molecule has 4 nitrogen and oxygen atoms in total. The molecule has 1 aliphatic heterocycles. The minimum atomic E-state index is -3.53. The SMILES string of the molecule is CCCCC[C@H](C)C1NS(=O)(=O)OCC[C@H]1C. The van der Waals surface area contributed by atoms with Gasteiger partial charge < -0.3 is 0 Å². The van der Waals surface area contributed by atoms with Gasteiger partial charge in [0.1, 0.15) is 0 Å². The van der Waals surface area contributed by atoms with Gasteiger partial charge in [0.2, 0.25) is 0 Å². The summed E-state index contributed by atoms with van der Waals surface area (Å²) in [6.07, 6.45) is 5.46.